The van der Waals surface area contributed by atoms with E-state index >= 15 is 0 Å². The molecule has 0 aliphatic rings. The number of carbonyl (C=O) groups is 2. The molecule has 0 radical (unpaired) electrons. The summed E-state index contributed by atoms with van der Waals surface area (Å²) in [6.45, 7) is -2.85. The van der Waals surface area contributed by atoms with Crippen molar-refractivity contribution in [2.24, 2.45) is 0 Å². The van der Waals surface area contributed by atoms with Crippen molar-refractivity contribution in [1.29, 1.82) is 0 Å². The second-order valence-corrected chi connectivity index (χ2v) is 3.56. The number of rotatable bonds is 4. The minimum Gasteiger partial charge on any atom is -0.505 e. The summed E-state index contributed by atoms with van der Waals surface area (Å²) in [7, 11) is 0. The Bertz CT molecular complexity index is 490. The SMILES string of the molecule is O=C(O)CN(CC(F)(F)F)C(=O)c1ccncc1O. The van der Waals surface area contributed by atoms with Crippen molar-refractivity contribution >= 4 is 11.9 Å². The minimum atomic E-state index is -4.74. The van der Waals surface area contributed by atoms with E-state index in [2.05, 4.69) is 4.98 Å². The quantitative estimate of drug-likeness (QED) is 0.853. The van der Waals surface area contributed by atoms with Crippen LogP contribution in [-0.4, -0.2) is 51.2 Å². The number of aromatic hydroxyl groups is 1. The minimum absolute atomic E-state index is 0.0807. The van der Waals surface area contributed by atoms with Gasteiger partial charge in [-0.1, -0.05) is 0 Å². The first-order valence-corrected chi connectivity index (χ1v) is 4.91. The molecule has 104 valence electrons. The highest BCUT2D eigenvalue weighted by atomic mass is 19.4. The number of carboxylic acid groups (broad SMARTS) is 1. The van der Waals surface area contributed by atoms with Crippen molar-refractivity contribution < 1.29 is 33.0 Å². The zero-order valence-electron chi connectivity index (χ0n) is 9.39. The standard InChI is InChI=1S/C10H9F3N2O4/c11-10(12,13)5-15(4-8(17)18)9(19)6-1-2-14-3-7(6)16/h1-3,16H,4-5H2,(H,17,18). The molecule has 0 unspecified atom stereocenters. The molecule has 0 fully saturated rings. The van der Waals surface area contributed by atoms with Gasteiger partial charge in [0.2, 0.25) is 0 Å². The van der Waals surface area contributed by atoms with E-state index in [4.69, 9.17) is 5.11 Å². The highest BCUT2D eigenvalue weighted by molar-refractivity contribution is 5.98. The molecule has 19 heavy (non-hydrogen) atoms. The lowest BCUT2D eigenvalue weighted by Crippen LogP contribution is -2.42. The third kappa shape index (κ3) is 4.45. The molecule has 1 amide bonds. The van der Waals surface area contributed by atoms with Crippen LogP contribution in [0.15, 0.2) is 18.5 Å². The van der Waals surface area contributed by atoms with Crippen LogP contribution in [0.5, 0.6) is 5.75 Å². The summed E-state index contributed by atoms with van der Waals surface area (Å²) in [5.41, 5.74) is -0.444. The average molecular weight is 278 g/mol. The fourth-order valence-electron chi connectivity index (χ4n) is 1.32. The Morgan fingerprint density at radius 1 is 1.37 bits per heavy atom. The molecule has 0 saturated carbocycles. The first-order chi connectivity index (χ1) is 8.70. The first-order valence-electron chi connectivity index (χ1n) is 4.91. The Balaban J connectivity index is 3.01. The summed E-state index contributed by atoms with van der Waals surface area (Å²) < 4.78 is 36.8. The highest BCUT2D eigenvalue weighted by Crippen LogP contribution is 2.21. The molecule has 0 bridgehead atoms. The van der Waals surface area contributed by atoms with Crippen LogP contribution in [0.4, 0.5) is 13.2 Å². The summed E-state index contributed by atoms with van der Waals surface area (Å²) in [6, 6.07) is 1.00. The largest absolute Gasteiger partial charge is 0.505 e. The van der Waals surface area contributed by atoms with Crippen LogP contribution in [0.25, 0.3) is 0 Å². The molecule has 0 aliphatic carbocycles. The molecule has 1 heterocycles. The summed E-state index contributed by atoms with van der Waals surface area (Å²) >= 11 is 0. The third-order valence-corrected chi connectivity index (χ3v) is 2.01. The summed E-state index contributed by atoms with van der Waals surface area (Å²) in [4.78, 5) is 25.8. The summed E-state index contributed by atoms with van der Waals surface area (Å²) in [5, 5.41) is 17.8. The predicted molar refractivity (Wildman–Crippen MR) is 55.5 cm³/mol. The number of alkyl halides is 3. The monoisotopic (exact) mass is 278 g/mol. The molecule has 0 aromatic carbocycles. The highest BCUT2D eigenvalue weighted by Gasteiger charge is 2.34. The van der Waals surface area contributed by atoms with Gasteiger partial charge in [-0.2, -0.15) is 13.2 Å². The van der Waals surface area contributed by atoms with Gasteiger partial charge in [0, 0.05) is 6.20 Å². The number of pyridine rings is 1. The van der Waals surface area contributed by atoms with E-state index in [0.29, 0.717) is 0 Å². The number of nitrogens with zero attached hydrogens (tertiary/aromatic N) is 2. The molecule has 1 aromatic rings. The molecule has 0 saturated heterocycles. The Labute approximate surface area is 105 Å². The maximum atomic E-state index is 12.3. The van der Waals surface area contributed by atoms with E-state index in [1.54, 1.807) is 0 Å². The van der Waals surface area contributed by atoms with Gasteiger partial charge in [-0.25, -0.2) is 0 Å². The molecule has 0 atom stereocenters. The number of hydrogen-bond donors (Lipinski definition) is 2. The van der Waals surface area contributed by atoms with Gasteiger partial charge < -0.3 is 15.1 Å². The second-order valence-electron chi connectivity index (χ2n) is 3.56. The van der Waals surface area contributed by atoms with Crippen LogP contribution in [0.2, 0.25) is 0 Å². The fraction of sp³-hybridized carbons (Fsp3) is 0.300. The third-order valence-electron chi connectivity index (χ3n) is 2.01. The van der Waals surface area contributed by atoms with Gasteiger partial charge in [-0.3, -0.25) is 14.6 Å². The molecular weight excluding hydrogens is 269 g/mol. The molecular formula is C10H9F3N2O4. The molecule has 1 rings (SSSR count). The van der Waals surface area contributed by atoms with E-state index in [1.807, 2.05) is 0 Å². The lowest BCUT2D eigenvalue weighted by atomic mass is 10.2. The van der Waals surface area contributed by atoms with Crippen molar-refractivity contribution in [3.05, 3.63) is 24.0 Å². The number of carbonyl (C=O) groups excluding carboxylic acids is 1. The topological polar surface area (TPSA) is 90.7 Å². The van der Waals surface area contributed by atoms with Gasteiger partial charge in [-0.15, -0.1) is 0 Å². The Morgan fingerprint density at radius 3 is 2.47 bits per heavy atom. The van der Waals surface area contributed by atoms with E-state index in [0.717, 1.165) is 18.5 Å². The Kier molecular flexibility index (Phi) is 4.30. The molecule has 6 nitrogen and oxygen atoms in total. The maximum absolute atomic E-state index is 12.3. The van der Waals surface area contributed by atoms with Crippen molar-refractivity contribution in [3.8, 4) is 5.75 Å². The van der Waals surface area contributed by atoms with Crippen molar-refractivity contribution in [2.45, 2.75) is 6.18 Å². The number of aliphatic carboxylic acids is 1. The number of amides is 1. The van der Waals surface area contributed by atoms with Crippen LogP contribution in [0.3, 0.4) is 0 Å². The second kappa shape index (κ2) is 5.55. The first kappa shape index (κ1) is 14.7. The summed E-state index contributed by atoms with van der Waals surface area (Å²) in [5.74, 6) is -3.45. The fourth-order valence-corrected chi connectivity index (χ4v) is 1.32. The van der Waals surface area contributed by atoms with E-state index in [1.165, 1.54) is 0 Å². The van der Waals surface area contributed by atoms with Crippen molar-refractivity contribution in [3.63, 3.8) is 0 Å². The van der Waals surface area contributed by atoms with Gasteiger partial charge in [0.05, 0.1) is 11.8 Å². The normalized spacial score (nSPS) is 11.1. The number of aromatic nitrogens is 1. The van der Waals surface area contributed by atoms with Gasteiger partial charge in [0.25, 0.3) is 5.91 Å². The van der Waals surface area contributed by atoms with Crippen LogP contribution in [-0.2, 0) is 4.79 Å². The number of carboxylic acids is 1. The smallest absolute Gasteiger partial charge is 0.406 e. The van der Waals surface area contributed by atoms with Crippen molar-refractivity contribution in [2.75, 3.05) is 13.1 Å². The lowest BCUT2D eigenvalue weighted by molar-refractivity contribution is -0.149. The van der Waals surface area contributed by atoms with E-state index in [9.17, 15) is 27.9 Å². The van der Waals surface area contributed by atoms with E-state index in [-0.39, 0.29) is 4.90 Å². The molecule has 1 aromatic heterocycles. The zero-order chi connectivity index (χ0) is 14.6. The Morgan fingerprint density at radius 2 is 2.00 bits per heavy atom. The van der Waals surface area contributed by atoms with Crippen LogP contribution < -0.4 is 0 Å². The molecule has 0 spiro atoms. The molecule has 9 heteroatoms. The Hall–Kier alpha value is -2.32. The summed E-state index contributed by atoms with van der Waals surface area (Å²) in [6.07, 6.45) is -2.77. The van der Waals surface area contributed by atoms with Gasteiger partial charge >= 0.3 is 12.1 Å². The molecule has 2 N–H and O–H groups in total. The van der Waals surface area contributed by atoms with Crippen LogP contribution in [0.1, 0.15) is 10.4 Å². The zero-order valence-corrected chi connectivity index (χ0v) is 9.39. The van der Waals surface area contributed by atoms with Crippen molar-refractivity contribution in [1.82, 2.24) is 9.88 Å². The van der Waals surface area contributed by atoms with Gasteiger partial charge in [0.1, 0.15) is 18.8 Å². The van der Waals surface area contributed by atoms with Crippen LogP contribution in [0, 0.1) is 0 Å². The van der Waals surface area contributed by atoms with E-state index < -0.39 is 42.5 Å². The maximum Gasteiger partial charge on any atom is 0.406 e. The predicted octanol–water partition coefficient (Wildman–Crippen LogP) is 0.876. The molecule has 0 aliphatic heterocycles. The van der Waals surface area contributed by atoms with Gasteiger partial charge in [-0.05, 0) is 6.07 Å². The number of hydrogen-bond acceptors (Lipinski definition) is 4. The lowest BCUT2D eigenvalue weighted by Gasteiger charge is -2.22. The average Bonchev–Trinajstić information content (AvgIpc) is 2.25. The van der Waals surface area contributed by atoms with Gasteiger partial charge in [0.15, 0.2) is 0 Å². The van der Waals surface area contributed by atoms with Crippen LogP contribution >= 0.6 is 0 Å². The number of halogens is 3.